The van der Waals surface area contributed by atoms with Crippen LogP contribution in [0.5, 0.6) is 0 Å². The molecule has 1 amide bonds. The van der Waals surface area contributed by atoms with E-state index < -0.39 is 0 Å². The van der Waals surface area contributed by atoms with Gasteiger partial charge in [-0.05, 0) is 12.7 Å². The zero-order chi connectivity index (χ0) is 31.6. The lowest BCUT2D eigenvalue weighted by Crippen LogP contribution is -2.27. The molecule has 0 aliphatic heterocycles. The van der Waals surface area contributed by atoms with Crippen LogP contribution in [0.4, 0.5) is 0 Å². The molecule has 0 radical (unpaired) electrons. The summed E-state index contributed by atoms with van der Waals surface area (Å²) in [6.07, 6.45) is 2.30. The minimum absolute atomic E-state index is 0.0148. The second kappa shape index (κ2) is 32.9. The Bertz CT molecular complexity index is 752. The average Bonchev–Trinajstić information content (AvgIpc) is 3.44. The van der Waals surface area contributed by atoms with Crippen molar-refractivity contribution in [2.45, 2.75) is 19.9 Å². The van der Waals surface area contributed by atoms with E-state index in [4.69, 9.17) is 47.4 Å². The van der Waals surface area contributed by atoms with E-state index in [1.165, 1.54) is 0 Å². The predicted octanol–water partition coefficient (Wildman–Crippen LogP) is 0.189. The molecule has 0 spiro atoms. The highest BCUT2D eigenvalue weighted by Crippen LogP contribution is 1.90. The van der Waals surface area contributed by atoms with Gasteiger partial charge in [-0.1, -0.05) is 5.21 Å². The highest BCUT2D eigenvalue weighted by Gasteiger charge is 1.99. The van der Waals surface area contributed by atoms with Gasteiger partial charge in [-0.3, -0.25) is 4.79 Å². The van der Waals surface area contributed by atoms with Gasteiger partial charge in [0.15, 0.2) is 0 Å². The Morgan fingerprint density at radius 1 is 0.614 bits per heavy atom. The molecule has 15 nitrogen and oxygen atoms in total. The van der Waals surface area contributed by atoms with Gasteiger partial charge in [0.25, 0.3) is 0 Å². The fourth-order valence-electron chi connectivity index (χ4n) is 3.20. The van der Waals surface area contributed by atoms with E-state index in [1.807, 2.05) is 13.1 Å². The first kappa shape index (κ1) is 40.6. The molecule has 1 N–H and O–H groups in total. The van der Waals surface area contributed by atoms with E-state index in [2.05, 4.69) is 28.3 Å². The van der Waals surface area contributed by atoms with Crippen molar-refractivity contribution < 1.29 is 52.2 Å². The quantitative estimate of drug-likeness (QED) is 0.0758. The van der Waals surface area contributed by atoms with Crippen LogP contribution in [-0.4, -0.2) is 165 Å². The molecule has 1 rings (SSSR count). The lowest BCUT2D eigenvalue weighted by molar-refractivity contribution is -0.120. The van der Waals surface area contributed by atoms with Gasteiger partial charge in [-0.2, -0.15) is 12.6 Å². The van der Waals surface area contributed by atoms with Gasteiger partial charge in [-0.15, -0.1) is 5.10 Å². The maximum Gasteiger partial charge on any atom is 0.220 e. The summed E-state index contributed by atoms with van der Waals surface area (Å²) >= 11 is 4.01. The van der Waals surface area contributed by atoms with Crippen LogP contribution < -0.4 is 5.32 Å². The highest BCUT2D eigenvalue weighted by atomic mass is 32.1. The molecule has 1 aromatic rings. The van der Waals surface area contributed by atoms with Crippen LogP contribution in [0, 0.1) is 6.92 Å². The Morgan fingerprint density at radius 3 is 1.27 bits per heavy atom. The van der Waals surface area contributed by atoms with Crippen molar-refractivity contribution in [3.8, 4) is 0 Å². The molecular weight excluding hydrogens is 600 g/mol. The molecule has 16 heteroatoms. The number of amides is 1. The van der Waals surface area contributed by atoms with Crippen molar-refractivity contribution in [3.63, 3.8) is 0 Å². The molecule has 0 aliphatic rings. The van der Waals surface area contributed by atoms with Gasteiger partial charge in [0.2, 0.25) is 5.91 Å². The minimum Gasteiger partial charge on any atom is -0.377 e. The van der Waals surface area contributed by atoms with Crippen molar-refractivity contribution in [2.24, 2.45) is 0 Å². The topological polar surface area (TPSA) is 152 Å². The van der Waals surface area contributed by atoms with Crippen molar-refractivity contribution in [3.05, 3.63) is 11.9 Å². The SMILES string of the molecule is Cc1cn(CCOCCOCCOCCOCCOCCOCCOCCOCCOCCOCCNC(=O)CCS)nn1. The summed E-state index contributed by atoms with van der Waals surface area (Å²) in [4.78, 5) is 11.2. The number of ether oxygens (including phenoxy) is 10. The molecule has 0 aromatic carbocycles. The Hall–Kier alpha value is -1.44. The lowest BCUT2D eigenvalue weighted by atomic mass is 10.4. The monoisotopic (exact) mass is 654 g/mol. The lowest BCUT2D eigenvalue weighted by Gasteiger charge is -2.09. The zero-order valence-corrected chi connectivity index (χ0v) is 27.2. The van der Waals surface area contributed by atoms with Crippen LogP contribution >= 0.6 is 12.6 Å². The molecule has 0 fully saturated rings. The maximum absolute atomic E-state index is 11.2. The summed E-state index contributed by atoms with van der Waals surface area (Å²) < 4.78 is 56.3. The number of aryl methyl sites for hydroxylation is 1. The van der Waals surface area contributed by atoms with Gasteiger partial charge in [0.05, 0.1) is 144 Å². The van der Waals surface area contributed by atoms with Crippen LogP contribution in [0.1, 0.15) is 12.1 Å². The van der Waals surface area contributed by atoms with E-state index in [0.29, 0.717) is 157 Å². The third-order valence-electron chi connectivity index (χ3n) is 5.37. The Balaban J connectivity index is 1.62. The average molecular weight is 655 g/mol. The number of hydrogen-bond acceptors (Lipinski definition) is 14. The van der Waals surface area contributed by atoms with Crippen LogP contribution in [-0.2, 0) is 58.7 Å². The number of thiol groups is 1. The Kier molecular flexibility index (Phi) is 30.4. The molecule has 0 atom stereocenters. The molecule has 0 aliphatic carbocycles. The number of aromatic nitrogens is 3. The first-order valence-corrected chi connectivity index (χ1v) is 15.9. The van der Waals surface area contributed by atoms with E-state index in [-0.39, 0.29) is 5.91 Å². The highest BCUT2D eigenvalue weighted by molar-refractivity contribution is 7.80. The second-order valence-corrected chi connectivity index (χ2v) is 9.52. The van der Waals surface area contributed by atoms with Crippen molar-refractivity contribution >= 4 is 18.5 Å². The van der Waals surface area contributed by atoms with Gasteiger partial charge < -0.3 is 52.7 Å². The third kappa shape index (κ3) is 29.3. The van der Waals surface area contributed by atoms with E-state index in [1.54, 1.807) is 4.68 Å². The number of carbonyl (C=O) groups is 1. The molecule has 1 heterocycles. The maximum atomic E-state index is 11.2. The third-order valence-corrected chi connectivity index (χ3v) is 5.60. The van der Waals surface area contributed by atoms with Gasteiger partial charge in [0.1, 0.15) is 0 Å². The number of nitrogens with zero attached hydrogens (tertiary/aromatic N) is 3. The van der Waals surface area contributed by atoms with Crippen molar-refractivity contribution in [1.82, 2.24) is 20.3 Å². The molecule has 0 saturated heterocycles. The van der Waals surface area contributed by atoms with Crippen LogP contribution in [0.15, 0.2) is 6.20 Å². The molecule has 0 saturated carbocycles. The molecule has 0 bridgehead atoms. The number of hydrogen-bond donors (Lipinski definition) is 2. The first-order valence-electron chi connectivity index (χ1n) is 15.2. The fourth-order valence-corrected chi connectivity index (χ4v) is 3.40. The summed E-state index contributed by atoms with van der Waals surface area (Å²) in [5.74, 6) is 0.527. The second-order valence-electron chi connectivity index (χ2n) is 9.07. The molecule has 44 heavy (non-hydrogen) atoms. The predicted molar refractivity (Wildman–Crippen MR) is 164 cm³/mol. The van der Waals surface area contributed by atoms with Gasteiger partial charge in [-0.25, -0.2) is 4.68 Å². The van der Waals surface area contributed by atoms with Crippen LogP contribution in [0.25, 0.3) is 0 Å². The molecule has 0 unspecified atom stereocenters. The molecule has 1 aromatic heterocycles. The zero-order valence-electron chi connectivity index (χ0n) is 26.3. The van der Waals surface area contributed by atoms with E-state index in [9.17, 15) is 4.79 Å². The number of nitrogens with one attached hydrogen (secondary N) is 1. The summed E-state index contributed by atoms with van der Waals surface area (Å²) in [7, 11) is 0. The standard InChI is InChI=1S/C28H54N4O11S/c1-27-26-32(31-30-27)4-6-35-8-10-37-12-14-39-16-18-41-20-22-43-24-23-42-21-19-40-17-15-38-13-11-36-9-7-34-5-3-29-28(33)2-25-44/h26,44H,2-25H2,1H3,(H,29,33). The largest absolute Gasteiger partial charge is 0.377 e. The van der Waals surface area contributed by atoms with Gasteiger partial charge >= 0.3 is 0 Å². The van der Waals surface area contributed by atoms with Crippen LogP contribution in [0.3, 0.4) is 0 Å². The summed E-state index contributed by atoms with van der Waals surface area (Å²) in [5, 5.41) is 10.6. The van der Waals surface area contributed by atoms with E-state index >= 15 is 0 Å². The van der Waals surface area contributed by atoms with Crippen LogP contribution in [0.2, 0.25) is 0 Å². The van der Waals surface area contributed by atoms with Gasteiger partial charge in [0, 0.05) is 19.2 Å². The Morgan fingerprint density at radius 2 is 0.955 bits per heavy atom. The van der Waals surface area contributed by atoms with E-state index in [0.717, 1.165) is 5.69 Å². The molecular formula is C28H54N4O11S. The summed E-state index contributed by atoms with van der Waals surface area (Å²) in [6, 6.07) is 0. The van der Waals surface area contributed by atoms with Crippen molar-refractivity contribution in [2.75, 3.05) is 144 Å². The summed E-state index contributed by atoms with van der Waals surface area (Å²) in [6.45, 7) is 13.2. The smallest absolute Gasteiger partial charge is 0.220 e. The Labute approximate surface area is 267 Å². The first-order chi connectivity index (χ1) is 21.7. The summed E-state index contributed by atoms with van der Waals surface area (Å²) in [5.41, 5.74) is 0.895. The molecule has 258 valence electrons. The number of carbonyl (C=O) groups excluding carboxylic acids is 1. The minimum atomic E-state index is -0.0148. The number of rotatable bonds is 35. The normalized spacial score (nSPS) is 11.4. The fraction of sp³-hybridized carbons (Fsp3) is 0.893. The van der Waals surface area contributed by atoms with Crippen molar-refractivity contribution in [1.29, 1.82) is 0 Å².